The largest absolute Gasteiger partial charge is 0.363 e. The van der Waals surface area contributed by atoms with E-state index in [4.69, 9.17) is 0 Å². The molecule has 7 nitrogen and oxygen atoms in total. The summed E-state index contributed by atoms with van der Waals surface area (Å²) in [6.07, 6.45) is 6.93. The Bertz CT molecular complexity index is 564. The van der Waals surface area contributed by atoms with Gasteiger partial charge in [-0.15, -0.1) is 0 Å². The maximum atomic E-state index is 11.9. The lowest BCUT2D eigenvalue weighted by molar-refractivity contribution is 0.248. The second kappa shape index (κ2) is 6.74. The van der Waals surface area contributed by atoms with Crippen LogP contribution < -0.4 is 15.5 Å². The Kier molecular flexibility index (Phi) is 4.76. The number of anilines is 2. The molecule has 0 fully saturated rings. The first kappa shape index (κ1) is 14.8. The Hall–Kier alpha value is -2.57. The number of nitrogens with zero attached hydrogens (tertiary/aromatic N) is 4. The summed E-state index contributed by atoms with van der Waals surface area (Å²) in [7, 11) is 3.83. The zero-order chi connectivity index (χ0) is 15.2. The fraction of sp³-hybridized carbons (Fsp3) is 0.357. The van der Waals surface area contributed by atoms with Gasteiger partial charge in [-0.05, 0) is 19.1 Å². The molecule has 0 aliphatic carbocycles. The SMILES string of the molecule is C[C@@H](Cn1ccnc1)NC(=O)Nc1ccc(N(C)C)nc1. The lowest BCUT2D eigenvalue weighted by atomic mass is 10.3. The summed E-state index contributed by atoms with van der Waals surface area (Å²) in [4.78, 5) is 22.0. The molecule has 0 spiro atoms. The molecule has 112 valence electrons. The second-order valence-corrected chi connectivity index (χ2v) is 5.06. The van der Waals surface area contributed by atoms with Crippen molar-refractivity contribution in [1.29, 1.82) is 0 Å². The molecule has 0 bridgehead atoms. The van der Waals surface area contributed by atoms with Crippen LogP contribution in [-0.4, -0.2) is 40.7 Å². The minimum absolute atomic E-state index is 0.00629. The first-order valence-electron chi connectivity index (χ1n) is 6.71. The van der Waals surface area contributed by atoms with Crippen LogP contribution in [0.4, 0.5) is 16.3 Å². The van der Waals surface area contributed by atoms with Gasteiger partial charge in [-0.25, -0.2) is 14.8 Å². The molecule has 0 aliphatic rings. The van der Waals surface area contributed by atoms with Crippen LogP contribution in [0.5, 0.6) is 0 Å². The van der Waals surface area contributed by atoms with Crippen LogP contribution in [0.3, 0.4) is 0 Å². The van der Waals surface area contributed by atoms with Crippen LogP contribution in [0.1, 0.15) is 6.92 Å². The molecule has 2 aromatic heterocycles. The number of amides is 2. The fourth-order valence-electron chi connectivity index (χ4n) is 1.87. The minimum Gasteiger partial charge on any atom is -0.363 e. The number of hydrogen-bond donors (Lipinski definition) is 2. The van der Waals surface area contributed by atoms with Crippen LogP contribution in [0.25, 0.3) is 0 Å². The molecule has 2 N–H and O–H groups in total. The number of imidazole rings is 1. The summed E-state index contributed by atoms with van der Waals surface area (Å²) < 4.78 is 1.92. The highest BCUT2D eigenvalue weighted by molar-refractivity contribution is 5.89. The van der Waals surface area contributed by atoms with E-state index in [1.54, 1.807) is 18.7 Å². The van der Waals surface area contributed by atoms with Gasteiger partial charge in [0, 0.05) is 39.1 Å². The van der Waals surface area contributed by atoms with E-state index in [1.165, 1.54) is 0 Å². The van der Waals surface area contributed by atoms with E-state index in [0.717, 1.165) is 5.82 Å². The number of carbonyl (C=O) groups is 1. The number of urea groups is 1. The molecule has 21 heavy (non-hydrogen) atoms. The molecule has 7 heteroatoms. The standard InChI is InChI=1S/C14H20N6O/c1-11(9-20-7-6-15-10-20)17-14(21)18-12-4-5-13(16-8-12)19(2)3/h4-8,10-11H,9H2,1-3H3,(H2,17,18,21)/t11-/m0/s1. The molecule has 2 amide bonds. The van der Waals surface area contributed by atoms with Crippen molar-refractivity contribution in [3.05, 3.63) is 37.1 Å². The van der Waals surface area contributed by atoms with Gasteiger partial charge in [0.25, 0.3) is 0 Å². The highest BCUT2D eigenvalue weighted by Crippen LogP contribution is 2.11. The van der Waals surface area contributed by atoms with Gasteiger partial charge < -0.3 is 20.1 Å². The van der Waals surface area contributed by atoms with E-state index < -0.39 is 0 Å². The summed E-state index contributed by atoms with van der Waals surface area (Å²) in [6.45, 7) is 2.61. The topological polar surface area (TPSA) is 75.1 Å². The summed E-state index contributed by atoms with van der Waals surface area (Å²) in [5.74, 6) is 0.842. The second-order valence-electron chi connectivity index (χ2n) is 5.06. The van der Waals surface area contributed by atoms with Crippen molar-refractivity contribution in [2.24, 2.45) is 0 Å². The molecule has 2 aromatic rings. The number of hydrogen-bond acceptors (Lipinski definition) is 4. The van der Waals surface area contributed by atoms with Crippen molar-refractivity contribution in [2.75, 3.05) is 24.3 Å². The van der Waals surface area contributed by atoms with E-state index in [1.807, 2.05) is 48.8 Å². The molecular formula is C14H20N6O. The number of aromatic nitrogens is 3. The van der Waals surface area contributed by atoms with Gasteiger partial charge in [0.2, 0.25) is 0 Å². The van der Waals surface area contributed by atoms with Crippen molar-refractivity contribution in [1.82, 2.24) is 19.9 Å². The quantitative estimate of drug-likeness (QED) is 0.875. The highest BCUT2D eigenvalue weighted by Gasteiger charge is 2.08. The maximum Gasteiger partial charge on any atom is 0.319 e. The first-order valence-corrected chi connectivity index (χ1v) is 6.71. The van der Waals surface area contributed by atoms with E-state index in [2.05, 4.69) is 20.6 Å². The van der Waals surface area contributed by atoms with Crippen LogP contribution in [-0.2, 0) is 6.54 Å². The van der Waals surface area contributed by atoms with Gasteiger partial charge in [-0.1, -0.05) is 0 Å². The van der Waals surface area contributed by atoms with Gasteiger partial charge in [0.15, 0.2) is 0 Å². The molecule has 2 rings (SSSR count). The third kappa shape index (κ3) is 4.48. The van der Waals surface area contributed by atoms with Crippen molar-refractivity contribution in [3.63, 3.8) is 0 Å². The van der Waals surface area contributed by atoms with Crippen molar-refractivity contribution in [3.8, 4) is 0 Å². The van der Waals surface area contributed by atoms with Crippen LogP contribution in [0, 0.1) is 0 Å². The molecular weight excluding hydrogens is 268 g/mol. The fourth-order valence-corrected chi connectivity index (χ4v) is 1.87. The average molecular weight is 288 g/mol. The van der Waals surface area contributed by atoms with Gasteiger partial charge in [0.05, 0.1) is 18.2 Å². The smallest absolute Gasteiger partial charge is 0.319 e. The number of carbonyl (C=O) groups excluding carboxylic acids is 1. The van der Waals surface area contributed by atoms with Gasteiger partial charge in [-0.3, -0.25) is 0 Å². The molecule has 0 saturated heterocycles. The van der Waals surface area contributed by atoms with E-state index in [9.17, 15) is 4.79 Å². The number of nitrogens with one attached hydrogen (secondary N) is 2. The molecule has 0 aromatic carbocycles. The third-order valence-corrected chi connectivity index (χ3v) is 2.89. The van der Waals surface area contributed by atoms with Crippen molar-refractivity contribution < 1.29 is 4.79 Å². The highest BCUT2D eigenvalue weighted by atomic mass is 16.2. The maximum absolute atomic E-state index is 11.9. The summed E-state index contributed by atoms with van der Waals surface area (Å²) in [5, 5.41) is 5.63. The Morgan fingerprint density at radius 1 is 1.43 bits per heavy atom. The average Bonchev–Trinajstić information content (AvgIpc) is 2.91. The Balaban J connectivity index is 1.83. The van der Waals surface area contributed by atoms with Gasteiger partial charge >= 0.3 is 6.03 Å². The van der Waals surface area contributed by atoms with E-state index >= 15 is 0 Å². The van der Waals surface area contributed by atoms with Crippen molar-refractivity contribution in [2.45, 2.75) is 19.5 Å². The van der Waals surface area contributed by atoms with E-state index in [-0.39, 0.29) is 12.1 Å². The first-order chi connectivity index (χ1) is 10.0. The number of rotatable bonds is 5. The predicted octanol–water partition coefficient (Wildman–Crippen LogP) is 1.55. The molecule has 0 saturated carbocycles. The molecule has 0 unspecified atom stereocenters. The van der Waals surface area contributed by atoms with Crippen LogP contribution in [0.2, 0.25) is 0 Å². The van der Waals surface area contributed by atoms with Crippen LogP contribution >= 0.6 is 0 Å². The Labute approximate surface area is 124 Å². The van der Waals surface area contributed by atoms with Crippen LogP contribution in [0.15, 0.2) is 37.1 Å². The third-order valence-electron chi connectivity index (χ3n) is 2.89. The molecule has 0 aliphatic heterocycles. The lowest BCUT2D eigenvalue weighted by Crippen LogP contribution is -2.38. The monoisotopic (exact) mass is 288 g/mol. The molecule has 2 heterocycles. The Morgan fingerprint density at radius 2 is 2.24 bits per heavy atom. The molecule has 0 radical (unpaired) electrons. The van der Waals surface area contributed by atoms with Crippen molar-refractivity contribution >= 4 is 17.5 Å². The predicted molar refractivity (Wildman–Crippen MR) is 82.4 cm³/mol. The zero-order valence-electron chi connectivity index (χ0n) is 12.4. The summed E-state index contributed by atoms with van der Waals surface area (Å²) >= 11 is 0. The normalized spacial score (nSPS) is 11.8. The molecule has 1 atom stereocenters. The lowest BCUT2D eigenvalue weighted by Gasteiger charge is -2.15. The minimum atomic E-state index is -0.248. The summed E-state index contributed by atoms with van der Waals surface area (Å²) in [5.41, 5.74) is 0.660. The van der Waals surface area contributed by atoms with Gasteiger partial charge in [-0.2, -0.15) is 0 Å². The summed E-state index contributed by atoms with van der Waals surface area (Å²) in [6, 6.07) is 3.42. The zero-order valence-corrected chi connectivity index (χ0v) is 12.4. The number of pyridine rings is 1. The van der Waals surface area contributed by atoms with E-state index in [0.29, 0.717) is 12.2 Å². The Morgan fingerprint density at radius 3 is 2.81 bits per heavy atom. The van der Waals surface area contributed by atoms with Gasteiger partial charge in [0.1, 0.15) is 5.82 Å².